The van der Waals surface area contributed by atoms with Gasteiger partial charge in [0.1, 0.15) is 5.82 Å². The average Bonchev–Trinajstić information content (AvgIpc) is 3.11. The standard InChI is InChI=1S/C17H25N3O/c1-10-13-7-11(9-18-2)3-5-15(13)20-17(19-10)14-8-12-4-6-16(14)21-12/h11-12,14,16,18H,3-9H2,1-2H3. The predicted octanol–water partition coefficient (Wildman–Crippen LogP) is 2.14. The summed E-state index contributed by atoms with van der Waals surface area (Å²) in [6.07, 6.45) is 7.90. The number of rotatable bonds is 3. The molecule has 1 N–H and O–H groups in total. The molecule has 2 bridgehead atoms. The summed E-state index contributed by atoms with van der Waals surface area (Å²) in [5.41, 5.74) is 3.93. The zero-order valence-corrected chi connectivity index (χ0v) is 13.1. The van der Waals surface area contributed by atoms with E-state index in [1.54, 1.807) is 0 Å². The minimum atomic E-state index is 0.382. The lowest BCUT2D eigenvalue weighted by Gasteiger charge is -2.26. The number of fused-ring (bicyclic) bond motifs is 3. The van der Waals surface area contributed by atoms with Crippen LogP contribution in [0, 0.1) is 12.8 Å². The van der Waals surface area contributed by atoms with E-state index in [0.29, 0.717) is 18.1 Å². The Bertz CT molecular complexity index is 545. The molecule has 3 aliphatic rings. The minimum absolute atomic E-state index is 0.382. The van der Waals surface area contributed by atoms with E-state index in [9.17, 15) is 0 Å². The van der Waals surface area contributed by atoms with E-state index in [-0.39, 0.29) is 0 Å². The predicted molar refractivity (Wildman–Crippen MR) is 81.5 cm³/mol. The Kier molecular flexibility index (Phi) is 3.46. The van der Waals surface area contributed by atoms with E-state index >= 15 is 0 Å². The Morgan fingerprint density at radius 2 is 2.14 bits per heavy atom. The first-order chi connectivity index (χ1) is 10.2. The molecular formula is C17H25N3O. The summed E-state index contributed by atoms with van der Waals surface area (Å²) >= 11 is 0. The molecule has 4 heteroatoms. The van der Waals surface area contributed by atoms with Crippen LogP contribution in [0.5, 0.6) is 0 Å². The van der Waals surface area contributed by atoms with Crippen molar-refractivity contribution in [3.05, 3.63) is 22.8 Å². The van der Waals surface area contributed by atoms with Gasteiger partial charge in [-0.1, -0.05) is 0 Å². The van der Waals surface area contributed by atoms with Crippen LogP contribution >= 0.6 is 0 Å². The molecule has 4 rings (SSSR count). The zero-order valence-electron chi connectivity index (χ0n) is 13.1. The topological polar surface area (TPSA) is 47.0 Å². The van der Waals surface area contributed by atoms with Crippen LogP contribution in [0.1, 0.15) is 54.4 Å². The van der Waals surface area contributed by atoms with Gasteiger partial charge in [0.25, 0.3) is 0 Å². The van der Waals surface area contributed by atoms with Crippen molar-refractivity contribution in [3.63, 3.8) is 0 Å². The fourth-order valence-electron chi connectivity index (χ4n) is 4.42. The number of aryl methyl sites for hydroxylation is 2. The highest BCUT2D eigenvalue weighted by Crippen LogP contribution is 2.43. The van der Waals surface area contributed by atoms with Gasteiger partial charge in [0.05, 0.1) is 12.2 Å². The molecule has 0 spiro atoms. The number of hydrogen-bond donors (Lipinski definition) is 1. The fraction of sp³-hybridized carbons (Fsp3) is 0.765. The normalized spacial score (nSPS) is 34.2. The molecule has 0 saturated carbocycles. The van der Waals surface area contributed by atoms with Crippen molar-refractivity contribution >= 4 is 0 Å². The lowest BCUT2D eigenvalue weighted by atomic mass is 9.84. The van der Waals surface area contributed by atoms with Crippen molar-refractivity contribution < 1.29 is 4.74 Å². The minimum Gasteiger partial charge on any atom is -0.374 e. The molecule has 1 aromatic rings. The zero-order chi connectivity index (χ0) is 14.4. The molecule has 2 saturated heterocycles. The summed E-state index contributed by atoms with van der Waals surface area (Å²) in [5.74, 6) is 2.25. The summed E-state index contributed by atoms with van der Waals surface area (Å²) < 4.78 is 5.98. The third-order valence-electron chi connectivity index (χ3n) is 5.53. The van der Waals surface area contributed by atoms with Crippen molar-refractivity contribution in [1.29, 1.82) is 0 Å². The molecule has 2 fully saturated rings. The second-order valence-electron chi connectivity index (χ2n) is 6.98. The molecule has 4 atom stereocenters. The second kappa shape index (κ2) is 5.33. The smallest absolute Gasteiger partial charge is 0.134 e. The van der Waals surface area contributed by atoms with Gasteiger partial charge in [0.2, 0.25) is 0 Å². The highest BCUT2D eigenvalue weighted by atomic mass is 16.5. The molecule has 4 unspecified atom stereocenters. The second-order valence-corrected chi connectivity index (χ2v) is 6.98. The van der Waals surface area contributed by atoms with Gasteiger partial charge in [0.15, 0.2) is 0 Å². The quantitative estimate of drug-likeness (QED) is 0.925. The third kappa shape index (κ3) is 2.38. The molecule has 0 amide bonds. The Balaban J connectivity index is 1.60. The van der Waals surface area contributed by atoms with Gasteiger partial charge in [-0.15, -0.1) is 0 Å². The lowest BCUT2D eigenvalue weighted by molar-refractivity contribution is 0.0998. The number of aromatic nitrogens is 2. The van der Waals surface area contributed by atoms with Crippen LogP contribution in [0.4, 0.5) is 0 Å². The number of nitrogens with one attached hydrogen (secondary N) is 1. The van der Waals surface area contributed by atoms with Crippen LogP contribution in [0.3, 0.4) is 0 Å². The molecule has 21 heavy (non-hydrogen) atoms. The Hall–Kier alpha value is -1.00. The van der Waals surface area contributed by atoms with Crippen LogP contribution in [0.15, 0.2) is 0 Å². The van der Waals surface area contributed by atoms with E-state index in [1.807, 2.05) is 7.05 Å². The van der Waals surface area contributed by atoms with E-state index in [4.69, 9.17) is 14.7 Å². The average molecular weight is 287 g/mol. The summed E-state index contributed by atoms with van der Waals surface area (Å²) in [6, 6.07) is 0. The first-order valence-electron chi connectivity index (χ1n) is 8.41. The number of nitrogens with zero attached hydrogens (tertiary/aromatic N) is 2. The van der Waals surface area contributed by atoms with Crippen molar-refractivity contribution in [2.45, 2.75) is 63.6 Å². The number of hydrogen-bond acceptors (Lipinski definition) is 4. The van der Waals surface area contributed by atoms with Crippen molar-refractivity contribution in [2.24, 2.45) is 5.92 Å². The lowest BCUT2D eigenvalue weighted by Crippen LogP contribution is -2.27. The van der Waals surface area contributed by atoms with Crippen LogP contribution in [0.25, 0.3) is 0 Å². The van der Waals surface area contributed by atoms with Gasteiger partial charge in [-0.05, 0) is 70.5 Å². The largest absolute Gasteiger partial charge is 0.374 e. The van der Waals surface area contributed by atoms with Crippen molar-refractivity contribution in [3.8, 4) is 0 Å². The Morgan fingerprint density at radius 1 is 1.24 bits per heavy atom. The Morgan fingerprint density at radius 3 is 2.86 bits per heavy atom. The van der Waals surface area contributed by atoms with Gasteiger partial charge < -0.3 is 10.1 Å². The van der Waals surface area contributed by atoms with E-state index in [2.05, 4.69) is 12.2 Å². The first-order valence-corrected chi connectivity index (χ1v) is 8.41. The van der Waals surface area contributed by atoms with E-state index < -0.39 is 0 Å². The molecule has 0 aromatic carbocycles. The monoisotopic (exact) mass is 287 g/mol. The summed E-state index contributed by atoms with van der Waals surface area (Å²) in [5, 5.41) is 3.30. The van der Waals surface area contributed by atoms with E-state index in [0.717, 1.165) is 37.5 Å². The molecule has 0 radical (unpaired) electrons. The van der Waals surface area contributed by atoms with Gasteiger partial charge in [-0.3, -0.25) is 0 Å². The van der Waals surface area contributed by atoms with Crippen LogP contribution in [-0.2, 0) is 17.6 Å². The highest BCUT2D eigenvalue weighted by Gasteiger charge is 2.43. The maximum absolute atomic E-state index is 5.98. The van der Waals surface area contributed by atoms with Gasteiger partial charge >= 0.3 is 0 Å². The molecule has 1 aromatic heterocycles. The molecular weight excluding hydrogens is 262 g/mol. The Labute approximate surface area is 126 Å². The van der Waals surface area contributed by atoms with Crippen LogP contribution < -0.4 is 5.32 Å². The SMILES string of the molecule is CNCC1CCc2nc(C3CC4CCC3O4)nc(C)c2C1. The van der Waals surface area contributed by atoms with Gasteiger partial charge in [-0.2, -0.15) is 0 Å². The van der Waals surface area contributed by atoms with Gasteiger partial charge in [-0.25, -0.2) is 9.97 Å². The molecule has 2 aliphatic heterocycles. The molecule has 4 nitrogen and oxygen atoms in total. The first kappa shape index (κ1) is 13.6. The van der Waals surface area contributed by atoms with Gasteiger partial charge in [0, 0.05) is 17.3 Å². The molecule has 114 valence electrons. The van der Waals surface area contributed by atoms with Crippen LogP contribution in [-0.4, -0.2) is 35.8 Å². The molecule has 3 heterocycles. The van der Waals surface area contributed by atoms with E-state index in [1.165, 1.54) is 36.2 Å². The van der Waals surface area contributed by atoms with Crippen molar-refractivity contribution in [1.82, 2.24) is 15.3 Å². The van der Waals surface area contributed by atoms with Crippen LogP contribution in [0.2, 0.25) is 0 Å². The maximum atomic E-state index is 5.98. The summed E-state index contributed by atoms with van der Waals surface area (Å²) in [6.45, 7) is 3.26. The summed E-state index contributed by atoms with van der Waals surface area (Å²) in [7, 11) is 2.04. The maximum Gasteiger partial charge on any atom is 0.134 e. The van der Waals surface area contributed by atoms with Crippen molar-refractivity contribution in [2.75, 3.05) is 13.6 Å². The highest BCUT2D eigenvalue weighted by molar-refractivity contribution is 5.29. The number of ether oxygens (including phenoxy) is 1. The summed E-state index contributed by atoms with van der Waals surface area (Å²) in [4.78, 5) is 9.83. The third-order valence-corrected chi connectivity index (χ3v) is 5.53. The molecule has 1 aliphatic carbocycles. The fourth-order valence-corrected chi connectivity index (χ4v) is 4.42.